The number of anilines is 1. The van der Waals surface area contributed by atoms with Gasteiger partial charge in [0, 0.05) is 15.1 Å². The predicted octanol–water partition coefficient (Wildman–Crippen LogP) is 5.61. The molecule has 4 heteroatoms. The summed E-state index contributed by atoms with van der Waals surface area (Å²) in [6, 6.07) is 12.4. The number of para-hydroxylation sites is 1. The molecule has 0 saturated carbocycles. The van der Waals surface area contributed by atoms with E-state index in [0.717, 1.165) is 27.9 Å². The number of benzene rings is 2. The molecule has 0 aliphatic carbocycles. The van der Waals surface area contributed by atoms with E-state index in [4.69, 9.17) is 0 Å². The molecule has 0 radical (unpaired) electrons. The Morgan fingerprint density at radius 2 is 1.78 bits per heavy atom. The monoisotopic (exact) mass is 391 g/mol. The molecule has 1 N–H and O–H groups in total. The van der Waals surface area contributed by atoms with Crippen molar-refractivity contribution in [1.29, 1.82) is 0 Å². The van der Waals surface area contributed by atoms with E-state index >= 15 is 0 Å². The van der Waals surface area contributed by atoms with E-state index in [-0.39, 0.29) is 5.91 Å². The van der Waals surface area contributed by atoms with Crippen LogP contribution in [0.1, 0.15) is 30.5 Å². The molecule has 2 nitrogen and oxygen atoms in total. The second kappa shape index (κ2) is 8.55. The van der Waals surface area contributed by atoms with Crippen LogP contribution in [0.3, 0.4) is 0 Å². The molecule has 0 aliphatic heterocycles. The van der Waals surface area contributed by atoms with Gasteiger partial charge in [-0.25, -0.2) is 0 Å². The van der Waals surface area contributed by atoms with E-state index in [2.05, 4.69) is 72.3 Å². The first-order chi connectivity index (χ1) is 11.0. The fourth-order valence-corrected chi connectivity index (χ4v) is 3.78. The van der Waals surface area contributed by atoms with Crippen LogP contribution in [-0.4, -0.2) is 11.7 Å². The fraction of sp³-hybridized carbons (Fsp3) is 0.316. The van der Waals surface area contributed by atoms with Crippen LogP contribution in [0.2, 0.25) is 0 Å². The van der Waals surface area contributed by atoms with Crippen LogP contribution in [-0.2, 0) is 17.6 Å². The molecule has 0 fully saturated rings. The molecule has 0 aliphatic rings. The maximum Gasteiger partial charge on any atom is 0.234 e. The van der Waals surface area contributed by atoms with Crippen LogP contribution in [0.25, 0.3) is 0 Å². The number of amides is 1. The molecule has 0 saturated heterocycles. The number of thioether (sulfide) groups is 1. The van der Waals surface area contributed by atoms with Gasteiger partial charge in [-0.3, -0.25) is 4.79 Å². The highest BCUT2D eigenvalue weighted by atomic mass is 79.9. The second-order valence-electron chi connectivity index (χ2n) is 5.41. The molecule has 0 spiro atoms. The van der Waals surface area contributed by atoms with Gasteiger partial charge in [0.15, 0.2) is 0 Å². The summed E-state index contributed by atoms with van der Waals surface area (Å²) in [5.41, 5.74) is 4.57. The highest BCUT2D eigenvalue weighted by Gasteiger charge is 2.11. The quantitative estimate of drug-likeness (QED) is 0.647. The smallest absolute Gasteiger partial charge is 0.234 e. The van der Waals surface area contributed by atoms with Crippen molar-refractivity contribution in [2.24, 2.45) is 0 Å². The van der Waals surface area contributed by atoms with Gasteiger partial charge in [-0.05, 0) is 54.7 Å². The first-order valence-electron chi connectivity index (χ1n) is 7.84. The zero-order chi connectivity index (χ0) is 16.8. The average Bonchev–Trinajstić information content (AvgIpc) is 2.54. The highest BCUT2D eigenvalue weighted by molar-refractivity contribution is 9.10. The van der Waals surface area contributed by atoms with Gasteiger partial charge in [-0.15, -0.1) is 11.8 Å². The highest BCUT2D eigenvalue weighted by Crippen LogP contribution is 2.26. The molecule has 0 aromatic heterocycles. The standard InChI is InChI=1S/C19H22BrNOS/c1-4-14-7-6-8-15(5-2)19(14)21-18(22)12-23-17-10-9-16(20)11-13(17)3/h6-11H,4-5,12H2,1-3H3,(H,21,22). The molecular formula is C19H22BrNOS. The molecule has 2 rings (SSSR count). The van der Waals surface area contributed by atoms with E-state index in [1.807, 2.05) is 6.07 Å². The Morgan fingerprint density at radius 1 is 1.13 bits per heavy atom. The van der Waals surface area contributed by atoms with E-state index < -0.39 is 0 Å². The van der Waals surface area contributed by atoms with Gasteiger partial charge >= 0.3 is 0 Å². The van der Waals surface area contributed by atoms with Crippen LogP contribution in [0.5, 0.6) is 0 Å². The Kier molecular flexibility index (Phi) is 6.72. The van der Waals surface area contributed by atoms with Crippen molar-refractivity contribution in [3.63, 3.8) is 0 Å². The number of hydrogen-bond donors (Lipinski definition) is 1. The van der Waals surface area contributed by atoms with E-state index in [1.54, 1.807) is 11.8 Å². The molecule has 122 valence electrons. The van der Waals surface area contributed by atoms with E-state index in [0.29, 0.717) is 5.75 Å². The fourth-order valence-electron chi connectivity index (χ4n) is 2.50. The minimum absolute atomic E-state index is 0.0490. The zero-order valence-corrected chi connectivity index (χ0v) is 16.2. The summed E-state index contributed by atoms with van der Waals surface area (Å²) >= 11 is 5.04. The molecule has 1 amide bonds. The number of hydrogen-bond acceptors (Lipinski definition) is 2. The van der Waals surface area contributed by atoms with Crippen molar-refractivity contribution in [1.82, 2.24) is 0 Å². The Morgan fingerprint density at radius 3 is 2.35 bits per heavy atom. The topological polar surface area (TPSA) is 29.1 Å². The SMILES string of the molecule is CCc1cccc(CC)c1NC(=O)CSc1ccc(Br)cc1C. The van der Waals surface area contributed by atoms with Gasteiger partial charge in [0.2, 0.25) is 5.91 Å². The van der Waals surface area contributed by atoms with Crippen molar-refractivity contribution in [2.45, 2.75) is 38.5 Å². The lowest BCUT2D eigenvalue weighted by atomic mass is 10.0. The van der Waals surface area contributed by atoms with Gasteiger partial charge in [-0.2, -0.15) is 0 Å². The van der Waals surface area contributed by atoms with Crippen LogP contribution < -0.4 is 5.32 Å². The number of carbonyl (C=O) groups is 1. The molecule has 0 atom stereocenters. The molecule has 0 heterocycles. The molecule has 0 bridgehead atoms. The minimum atomic E-state index is 0.0490. The summed E-state index contributed by atoms with van der Waals surface area (Å²) < 4.78 is 1.06. The maximum atomic E-state index is 12.4. The summed E-state index contributed by atoms with van der Waals surface area (Å²) in [4.78, 5) is 13.5. The van der Waals surface area contributed by atoms with Crippen molar-refractivity contribution in [2.75, 3.05) is 11.1 Å². The van der Waals surface area contributed by atoms with Crippen LogP contribution >= 0.6 is 27.7 Å². The van der Waals surface area contributed by atoms with Crippen molar-refractivity contribution >= 4 is 39.3 Å². The number of rotatable bonds is 6. The van der Waals surface area contributed by atoms with Gasteiger partial charge in [-0.1, -0.05) is 48.0 Å². The Bertz CT molecular complexity index is 678. The lowest BCUT2D eigenvalue weighted by Gasteiger charge is -2.14. The lowest BCUT2D eigenvalue weighted by molar-refractivity contribution is -0.113. The Balaban J connectivity index is 2.05. The van der Waals surface area contributed by atoms with Gasteiger partial charge < -0.3 is 5.32 Å². The number of nitrogens with one attached hydrogen (secondary N) is 1. The van der Waals surface area contributed by atoms with Crippen LogP contribution in [0.15, 0.2) is 45.8 Å². The molecule has 23 heavy (non-hydrogen) atoms. The number of carbonyl (C=O) groups excluding carboxylic acids is 1. The molecular weight excluding hydrogens is 370 g/mol. The minimum Gasteiger partial charge on any atom is -0.325 e. The largest absolute Gasteiger partial charge is 0.325 e. The second-order valence-corrected chi connectivity index (χ2v) is 7.34. The van der Waals surface area contributed by atoms with Gasteiger partial charge in [0.05, 0.1) is 5.75 Å². The van der Waals surface area contributed by atoms with Gasteiger partial charge in [0.1, 0.15) is 0 Å². The van der Waals surface area contributed by atoms with Crippen molar-refractivity contribution in [3.05, 3.63) is 57.6 Å². The Hall–Kier alpha value is -1.26. The van der Waals surface area contributed by atoms with E-state index in [9.17, 15) is 4.79 Å². The lowest BCUT2D eigenvalue weighted by Crippen LogP contribution is -2.16. The third kappa shape index (κ3) is 4.85. The zero-order valence-electron chi connectivity index (χ0n) is 13.8. The van der Waals surface area contributed by atoms with Crippen LogP contribution in [0, 0.1) is 6.92 Å². The Labute approximate surface area is 151 Å². The average molecular weight is 392 g/mol. The summed E-state index contributed by atoms with van der Waals surface area (Å²) in [7, 11) is 0. The van der Waals surface area contributed by atoms with Crippen molar-refractivity contribution in [3.8, 4) is 0 Å². The first kappa shape index (κ1) is 18.1. The van der Waals surface area contributed by atoms with Gasteiger partial charge in [0.25, 0.3) is 0 Å². The first-order valence-corrected chi connectivity index (χ1v) is 9.62. The summed E-state index contributed by atoms with van der Waals surface area (Å²) in [5.74, 6) is 0.469. The maximum absolute atomic E-state index is 12.4. The third-order valence-electron chi connectivity index (χ3n) is 3.76. The van der Waals surface area contributed by atoms with Crippen molar-refractivity contribution < 1.29 is 4.79 Å². The molecule has 0 unspecified atom stereocenters. The normalized spacial score (nSPS) is 10.6. The summed E-state index contributed by atoms with van der Waals surface area (Å²) in [6.07, 6.45) is 1.84. The molecule has 2 aromatic carbocycles. The summed E-state index contributed by atoms with van der Waals surface area (Å²) in [5, 5.41) is 3.11. The summed E-state index contributed by atoms with van der Waals surface area (Å²) in [6.45, 7) is 6.29. The molecule has 2 aromatic rings. The van der Waals surface area contributed by atoms with E-state index in [1.165, 1.54) is 16.7 Å². The third-order valence-corrected chi connectivity index (χ3v) is 5.43. The number of aryl methyl sites for hydroxylation is 3. The predicted molar refractivity (Wildman–Crippen MR) is 103 cm³/mol. The number of halogens is 1. The van der Waals surface area contributed by atoms with Crippen LogP contribution in [0.4, 0.5) is 5.69 Å².